The van der Waals surface area contributed by atoms with Gasteiger partial charge in [0.15, 0.2) is 0 Å². The Kier molecular flexibility index (Phi) is 7.91. The fraction of sp³-hybridized carbons (Fsp3) is 0.321. The van der Waals surface area contributed by atoms with Crippen LogP contribution in [0.5, 0.6) is 5.75 Å². The molecule has 0 radical (unpaired) electrons. The van der Waals surface area contributed by atoms with Crippen LogP contribution < -0.4 is 20.7 Å². The number of piperidine rings is 1. The number of hydrogen-bond donors (Lipinski definition) is 3. The van der Waals surface area contributed by atoms with Crippen LogP contribution in [0.25, 0.3) is 0 Å². The first-order valence-electron chi connectivity index (χ1n) is 12.1. The molecule has 0 unspecified atom stereocenters. The number of ether oxygens (including phenoxy) is 1. The SMILES string of the molecule is CC(C)(C)c1ccc(C(=O)Nc2ccc(Cl)cc2C(=O)Nc2ccccn2)c(OC2CCNCC2)c1. The molecule has 4 rings (SSSR count). The molecule has 2 aromatic carbocycles. The predicted octanol–water partition coefficient (Wildman–Crippen LogP) is 5.67. The van der Waals surface area contributed by atoms with E-state index < -0.39 is 5.91 Å². The quantitative estimate of drug-likeness (QED) is 0.400. The molecule has 1 aliphatic heterocycles. The molecule has 0 spiro atoms. The van der Waals surface area contributed by atoms with Crippen LogP contribution in [0.15, 0.2) is 60.8 Å². The van der Waals surface area contributed by atoms with Crippen molar-refractivity contribution in [3.8, 4) is 5.75 Å². The summed E-state index contributed by atoms with van der Waals surface area (Å²) in [5.74, 6) is 0.143. The minimum Gasteiger partial charge on any atom is -0.489 e. The van der Waals surface area contributed by atoms with E-state index in [4.69, 9.17) is 16.3 Å². The normalized spacial score (nSPS) is 14.2. The molecular formula is C28H31ClN4O3. The Balaban J connectivity index is 1.62. The Bertz CT molecular complexity index is 1240. The summed E-state index contributed by atoms with van der Waals surface area (Å²) in [6.45, 7) is 8.12. The van der Waals surface area contributed by atoms with Gasteiger partial charge in [0, 0.05) is 11.2 Å². The Morgan fingerprint density at radius 1 is 0.972 bits per heavy atom. The number of halogens is 1. The number of aromatic nitrogens is 1. The maximum Gasteiger partial charge on any atom is 0.259 e. The standard InChI is InChI=1S/C28H31ClN4O3/c1-28(2,3)18-7-9-21(24(16-18)36-20-11-14-30-15-12-20)26(34)32-23-10-8-19(29)17-22(23)27(35)33-25-6-4-5-13-31-25/h4-10,13,16-17,20,30H,11-12,14-15H2,1-3H3,(H,32,34)(H,31,33,35). The van der Waals surface area contributed by atoms with Gasteiger partial charge in [-0.25, -0.2) is 4.98 Å². The van der Waals surface area contributed by atoms with Crippen LogP contribution in [0.1, 0.15) is 59.9 Å². The third kappa shape index (κ3) is 6.42. The number of rotatable bonds is 6. The molecule has 1 fully saturated rings. The number of anilines is 2. The van der Waals surface area contributed by atoms with E-state index in [0.29, 0.717) is 27.8 Å². The lowest BCUT2D eigenvalue weighted by Crippen LogP contribution is -2.34. The van der Waals surface area contributed by atoms with E-state index in [1.54, 1.807) is 42.6 Å². The van der Waals surface area contributed by atoms with Gasteiger partial charge in [-0.1, -0.05) is 44.5 Å². The van der Waals surface area contributed by atoms with E-state index in [1.165, 1.54) is 6.07 Å². The fourth-order valence-corrected chi connectivity index (χ4v) is 4.16. The minimum atomic E-state index is -0.430. The topological polar surface area (TPSA) is 92.4 Å². The second-order valence-corrected chi connectivity index (χ2v) is 10.3. The van der Waals surface area contributed by atoms with Gasteiger partial charge in [-0.2, -0.15) is 0 Å². The zero-order chi connectivity index (χ0) is 25.7. The largest absolute Gasteiger partial charge is 0.489 e. The summed E-state index contributed by atoms with van der Waals surface area (Å²) in [4.78, 5) is 30.6. The van der Waals surface area contributed by atoms with Crippen molar-refractivity contribution >= 4 is 34.9 Å². The molecule has 188 valence electrons. The van der Waals surface area contributed by atoms with Crippen molar-refractivity contribution in [2.75, 3.05) is 23.7 Å². The third-order valence-corrected chi connectivity index (χ3v) is 6.29. The number of hydrogen-bond acceptors (Lipinski definition) is 5. The van der Waals surface area contributed by atoms with Gasteiger partial charge in [-0.15, -0.1) is 0 Å². The third-order valence-electron chi connectivity index (χ3n) is 6.05. The molecule has 0 bridgehead atoms. The first-order chi connectivity index (χ1) is 17.2. The van der Waals surface area contributed by atoms with E-state index >= 15 is 0 Å². The smallest absolute Gasteiger partial charge is 0.259 e. The van der Waals surface area contributed by atoms with Gasteiger partial charge in [0.05, 0.1) is 16.8 Å². The van der Waals surface area contributed by atoms with Gasteiger partial charge in [-0.3, -0.25) is 9.59 Å². The monoisotopic (exact) mass is 506 g/mol. The lowest BCUT2D eigenvalue weighted by atomic mass is 9.86. The summed E-state index contributed by atoms with van der Waals surface area (Å²) in [5.41, 5.74) is 1.95. The van der Waals surface area contributed by atoms with E-state index in [9.17, 15) is 9.59 Å². The van der Waals surface area contributed by atoms with Crippen LogP contribution in [-0.4, -0.2) is 36.0 Å². The van der Waals surface area contributed by atoms with Gasteiger partial charge in [0.2, 0.25) is 0 Å². The zero-order valence-electron chi connectivity index (χ0n) is 20.7. The number of benzene rings is 2. The molecule has 0 aliphatic carbocycles. The highest BCUT2D eigenvalue weighted by Crippen LogP contribution is 2.31. The summed E-state index contributed by atoms with van der Waals surface area (Å²) in [7, 11) is 0. The number of nitrogens with zero attached hydrogens (tertiary/aromatic N) is 1. The van der Waals surface area contributed by atoms with E-state index in [2.05, 4.69) is 41.7 Å². The second kappa shape index (κ2) is 11.1. The van der Waals surface area contributed by atoms with E-state index in [0.717, 1.165) is 31.5 Å². The summed E-state index contributed by atoms with van der Waals surface area (Å²) >= 11 is 6.18. The molecule has 1 saturated heterocycles. The average Bonchev–Trinajstić information content (AvgIpc) is 2.85. The van der Waals surface area contributed by atoms with E-state index in [1.807, 2.05) is 12.1 Å². The Labute approximate surface area is 216 Å². The van der Waals surface area contributed by atoms with Crippen molar-refractivity contribution in [3.63, 3.8) is 0 Å². The predicted molar refractivity (Wildman–Crippen MR) is 143 cm³/mol. The van der Waals surface area contributed by atoms with Crippen molar-refractivity contribution in [3.05, 3.63) is 82.5 Å². The van der Waals surface area contributed by atoms with Crippen molar-refractivity contribution in [2.24, 2.45) is 0 Å². The van der Waals surface area contributed by atoms with Crippen LogP contribution in [-0.2, 0) is 5.41 Å². The number of amides is 2. The van der Waals surface area contributed by atoms with Gasteiger partial charge < -0.3 is 20.7 Å². The van der Waals surface area contributed by atoms with Crippen LogP contribution in [0.3, 0.4) is 0 Å². The highest BCUT2D eigenvalue weighted by Gasteiger charge is 2.24. The first kappa shape index (κ1) is 25.7. The molecule has 7 nitrogen and oxygen atoms in total. The molecule has 2 heterocycles. The number of nitrogens with one attached hydrogen (secondary N) is 3. The molecule has 3 aromatic rings. The molecule has 0 saturated carbocycles. The summed E-state index contributed by atoms with van der Waals surface area (Å²) in [6.07, 6.45) is 3.36. The lowest BCUT2D eigenvalue weighted by Gasteiger charge is -2.27. The Morgan fingerprint density at radius 3 is 2.42 bits per heavy atom. The van der Waals surface area contributed by atoms with Crippen molar-refractivity contribution in [1.82, 2.24) is 10.3 Å². The minimum absolute atomic E-state index is 0.0308. The Hall–Kier alpha value is -3.42. The van der Waals surface area contributed by atoms with Crippen molar-refractivity contribution in [2.45, 2.75) is 45.1 Å². The van der Waals surface area contributed by atoms with Gasteiger partial charge >= 0.3 is 0 Å². The molecule has 2 amide bonds. The molecule has 0 atom stereocenters. The Morgan fingerprint density at radius 2 is 1.72 bits per heavy atom. The maximum atomic E-state index is 13.5. The lowest BCUT2D eigenvalue weighted by molar-refractivity contribution is 0.101. The van der Waals surface area contributed by atoms with Crippen molar-refractivity contribution < 1.29 is 14.3 Å². The second-order valence-electron chi connectivity index (χ2n) is 9.84. The molecule has 1 aliphatic rings. The number of carbonyl (C=O) groups is 2. The zero-order valence-corrected chi connectivity index (χ0v) is 21.5. The first-order valence-corrected chi connectivity index (χ1v) is 12.4. The molecular weight excluding hydrogens is 476 g/mol. The summed E-state index contributed by atoms with van der Waals surface area (Å²) in [5, 5.41) is 9.33. The van der Waals surface area contributed by atoms with Crippen LogP contribution >= 0.6 is 11.6 Å². The molecule has 36 heavy (non-hydrogen) atoms. The van der Waals surface area contributed by atoms with Gasteiger partial charge in [0.1, 0.15) is 17.7 Å². The summed E-state index contributed by atoms with van der Waals surface area (Å²) < 4.78 is 6.35. The van der Waals surface area contributed by atoms with Crippen molar-refractivity contribution in [1.29, 1.82) is 0 Å². The highest BCUT2D eigenvalue weighted by molar-refractivity contribution is 6.31. The van der Waals surface area contributed by atoms with Crippen LogP contribution in [0.4, 0.5) is 11.5 Å². The number of pyridine rings is 1. The molecule has 3 N–H and O–H groups in total. The maximum absolute atomic E-state index is 13.5. The van der Waals surface area contributed by atoms with E-state index in [-0.39, 0.29) is 23.0 Å². The van der Waals surface area contributed by atoms with Gasteiger partial charge in [0.25, 0.3) is 11.8 Å². The van der Waals surface area contributed by atoms with Crippen LogP contribution in [0, 0.1) is 0 Å². The fourth-order valence-electron chi connectivity index (χ4n) is 3.99. The van der Waals surface area contributed by atoms with Gasteiger partial charge in [-0.05, 0) is 79.4 Å². The number of carbonyl (C=O) groups excluding carboxylic acids is 2. The summed E-state index contributed by atoms with van der Waals surface area (Å²) in [6, 6.07) is 15.7. The molecule has 8 heteroatoms. The molecule has 1 aromatic heterocycles. The average molecular weight is 507 g/mol. The van der Waals surface area contributed by atoms with Crippen LogP contribution in [0.2, 0.25) is 5.02 Å². The highest BCUT2D eigenvalue weighted by atomic mass is 35.5.